The molecule has 54 heavy (non-hydrogen) atoms. The van der Waals surface area contributed by atoms with E-state index in [1.165, 1.54) is 24.8 Å². The van der Waals surface area contributed by atoms with E-state index in [4.69, 9.17) is 10.8 Å². The predicted molar refractivity (Wildman–Crippen MR) is 204 cm³/mol. The molecule has 15 heteroatoms. The van der Waals surface area contributed by atoms with E-state index in [1.807, 2.05) is 11.0 Å². The van der Waals surface area contributed by atoms with Crippen LogP contribution in [-0.4, -0.2) is 105 Å². The number of aromatic nitrogens is 4. The summed E-state index contributed by atoms with van der Waals surface area (Å²) >= 11 is 0. The fraction of sp³-hybridized carbons (Fsp3) is 0.538. The first-order valence-electron chi connectivity index (χ1n) is 19.0. The molecule has 0 bridgehead atoms. The monoisotopic (exact) mass is 744 g/mol. The number of halogens is 2. The number of nitrogens with two attached hydrogens (primary N) is 1. The summed E-state index contributed by atoms with van der Waals surface area (Å²) in [5, 5.41) is 14.5. The number of carbonyl (C=O) groups is 2. The molecule has 1 amide bonds. The summed E-state index contributed by atoms with van der Waals surface area (Å²) in [6.07, 6.45) is 11.1. The van der Waals surface area contributed by atoms with Crippen molar-refractivity contribution in [2.75, 3.05) is 50.1 Å². The van der Waals surface area contributed by atoms with Crippen LogP contribution in [-0.2, 0) is 24.2 Å². The molecule has 3 aliphatic heterocycles. The van der Waals surface area contributed by atoms with Crippen LogP contribution in [0.2, 0.25) is 0 Å². The number of carboxylic acids is 1. The summed E-state index contributed by atoms with van der Waals surface area (Å²) in [6, 6.07) is 4.53. The van der Waals surface area contributed by atoms with Gasteiger partial charge in [0, 0.05) is 112 Å². The quantitative estimate of drug-likeness (QED) is 0.274. The minimum absolute atomic E-state index is 0.0136. The Morgan fingerprint density at radius 2 is 1.72 bits per heavy atom. The van der Waals surface area contributed by atoms with Gasteiger partial charge in [0.1, 0.15) is 0 Å². The molecule has 2 fully saturated rings. The van der Waals surface area contributed by atoms with Gasteiger partial charge in [-0.15, -0.1) is 0 Å². The molecule has 5 heterocycles. The number of hydrogen-bond donors (Lipinski definition) is 2. The van der Waals surface area contributed by atoms with Crippen LogP contribution in [0.25, 0.3) is 5.57 Å². The number of carboxylic acid groups (broad SMARTS) is 1. The third-order valence-electron chi connectivity index (χ3n) is 11.9. The largest absolute Gasteiger partial charge is 0.478 e. The van der Waals surface area contributed by atoms with Gasteiger partial charge in [-0.3, -0.25) is 14.5 Å². The zero-order chi connectivity index (χ0) is 38.1. The number of aliphatic imine (C=N–C) groups is 1. The molecule has 3 aromatic rings. The van der Waals surface area contributed by atoms with Crippen LogP contribution in [0.5, 0.6) is 0 Å². The van der Waals surface area contributed by atoms with Crippen LogP contribution in [0.15, 0.2) is 35.7 Å². The van der Waals surface area contributed by atoms with Crippen LogP contribution < -0.4 is 15.5 Å². The number of anilines is 3. The van der Waals surface area contributed by atoms with Gasteiger partial charge in [0.05, 0.1) is 18.2 Å². The number of allylic oxidation sites excluding steroid dienone is 1. The molecule has 1 saturated carbocycles. The molecule has 1 aliphatic carbocycles. The number of amides is 1. The number of hydrogen-bond acceptors (Lipinski definition) is 10. The number of nitrogens with zero attached hydrogens (tertiary/aromatic N) is 9. The van der Waals surface area contributed by atoms with Crippen molar-refractivity contribution in [2.45, 2.75) is 95.8 Å². The van der Waals surface area contributed by atoms with Gasteiger partial charge in [0.2, 0.25) is 11.9 Å². The molecule has 7 rings (SSSR count). The molecule has 0 atom stereocenters. The summed E-state index contributed by atoms with van der Waals surface area (Å²) in [5.41, 5.74) is 10.6. The molecule has 0 spiro atoms. The Labute approximate surface area is 314 Å². The second kappa shape index (κ2) is 15.8. The lowest BCUT2D eigenvalue weighted by Gasteiger charge is -2.42. The van der Waals surface area contributed by atoms with E-state index in [1.54, 1.807) is 20.0 Å². The Bertz CT molecular complexity index is 1910. The Balaban J connectivity index is 1.09. The number of rotatable bonds is 9. The van der Waals surface area contributed by atoms with Gasteiger partial charge in [-0.2, -0.15) is 5.10 Å². The zero-order valence-electron chi connectivity index (χ0n) is 31.3. The minimum Gasteiger partial charge on any atom is -0.478 e. The van der Waals surface area contributed by atoms with Crippen molar-refractivity contribution < 1.29 is 23.5 Å². The van der Waals surface area contributed by atoms with Crippen molar-refractivity contribution in [2.24, 2.45) is 10.7 Å². The molecule has 4 aliphatic rings. The first kappa shape index (κ1) is 37.4. The second-order valence-electron chi connectivity index (χ2n) is 14.9. The van der Waals surface area contributed by atoms with E-state index in [9.17, 15) is 23.5 Å². The van der Waals surface area contributed by atoms with Gasteiger partial charge in [0.15, 0.2) is 5.82 Å². The number of aryl methyl sites for hydroxylation is 1. The van der Waals surface area contributed by atoms with Gasteiger partial charge >= 0.3 is 5.97 Å². The first-order chi connectivity index (χ1) is 26.1. The zero-order valence-corrected chi connectivity index (χ0v) is 31.3. The smallest absolute Gasteiger partial charge is 0.338 e. The highest BCUT2D eigenvalue weighted by atomic mass is 19.3. The van der Waals surface area contributed by atoms with Crippen molar-refractivity contribution in [3.63, 3.8) is 0 Å². The fourth-order valence-electron chi connectivity index (χ4n) is 8.93. The Kier molecular flexibility index (Phi) is 11.0. The minimum atomic E-state index is -2.71. The summed E-state index contributed by atoms with van der Waals surface area (Å²) < 4.78 is 31.5. The number of fused-ring (bicyclic) bond motifs is 2. The number of alkyl halides is 2. The van der Waals surface area contributed by atoms with Gasteiger partial charge in [0.25, 0.3) is 6.43 Å². The van der Waals surface area contributed by atoms with E-state index >= 15 is 0 Å². The molecule has 13 nitrogen and oxygen atoms in total. The molecular weight excluding hydrogens is 694 g/mol. The first-order valence-corrected chi connectivity index (χ1v) is 19.0. The third kappa shape index (κ3) is 7.29. The molecule has 0 unspecified atom stereocenters. The van der Waals surface area contributed by atoms with Crippen molar-refractivity contribution in [1.29, 1.82) is 0 Å². The number of piperidine rings is 1. The highest BCUT2D eigenvalue weighted by molar-refractivity contribution is 6.10. The third-order valence-corrected chi connectivity index (χ3v) is 11.9. The maximum absolute atomic E-state index is 14.6. The summed E-state index contributed by atoms with van der Waals surface area (Å²) in [5.74, 6) is 0.319. The van der Waals surface area contributed by atoms with E-state index in [-0.39, 0.29) is 23.1 Å². The highest BCUT2D eigenvalue weighted by Crippen LogP contribution is 2.43. The van der Waals surface area contributed by atoms with Crippen molar-refractivity contribution in [1.82, 2.24) is 29.5 Å². The van der Waals surface area contributed by atoms with Crippen molar-refractivity contribution in [3.05, 3.63) is 64.2 Å². The molecule has 0 radical (unpaired) electrons. The predicted octanol–water partition coefficient (Wildman–Crippen LogP) is 5.38. The number of carbonyl (C=O) groups excluding carboxylic acids is 1. The van der Waals surface area contributed by atoms with Gasteiger partial charge in [-0.05, 0) is 81.7 Å². The summed E-state index contributed by atoms with van der Waals surface area (Å²) in [7, 11) is 3.83. The molecule has 1 aromatic carbocycles. The molecule has 2 aromatic heterocycles. The van der Waals surface area contributed by atoms with Crippen molar-refractivity contribution >= 4 is 41.1 Å². The standard InChI is InChI=1S/C39H50F2N10O3/c1-24(52)49-16-12-34-33(23-49)37(50-13-4-5-25-17-31(26(19-42)20-43-2)32(36(40)41)18-35(25)50)46-51(34)30-8-6-28(7-9-30)47(3)29-10-14-48(15-11-29)39-44-21-27(22-45-39)38(53)54/h17-22,28-30,36H,4-16,23,42H2,1-3H3,(H,53,54)/b26-19+,43-20?. The summed E-state index contributed by atoms with van der Waals surface area (Å²) in [4.78, 5) is 45.0. The lowest BCUT2D eigenvalue weighted by Crippen LogP contribution is -2.48. The Morgan fingerprint density at radius 3 is 2.35 bits per heavy atom. The van der Waals surface area contributed by atoms with E-state index < -0.39 is 12.4 Å². The maximum Gasteiger partial charge on any atom is 0.338 e. The lowest BCUT2D eigenvalue weighted by molar-refractivity contribution is -0.129. The van der Waals surface area contributed by atoms with Crippen LogP contribution in [0, 0.1) is 0 Å². The lowest BCUT2D eigenvalue weighted by atomic mass is 9.88. The van der Waals surface area contributed by atoms with Crippen LogP contribution in [0.1, 0.15) is 103 Å². The summed E-state index contributed by atoms with van der Waals surface area (Å²) in [6.45, 7) is 4.94. The maximum atomic E-state index is 14.6. The van der Waals surface area contributed by atoms with E-state index in [0.717, 1.165) is 92.8 Å². The average Bonchev–Trinajstić information content (AvgIpc) is 3.57. The Hall–Kier alpha value is -4.92. The number of aromatic carboxylic acids is 1. The fourth-order valence-corrected chi connectivity index (χ4v) is 8.93. The van der Waals surface area contributed by atoms with Crippen molar-refractivity contribution in [3.8, 4) is 0 Å². The Morgan fingerprint density at radius 1 is 1.02 bits per heavy atom. The second-order valence-corrected chi connectivity index (χ2v) is 14.9. The normalized spacial score (nSPS) is 21.2. The topological polar surface area (TPSA) is 149 Å². The van der Waals surface area contributed by atoms with Gasteiger partial charge < -0.3 is 30.4 Å². The molecule has 3 N–H and O–H groups in total. The highest BCUT2D eigenvalue weighted by Gasteiger charge is 2.36. The number of benzene rings is 1. The van der Waals surface area contributed by atoms with E-state index in [0.29, 0.717) is 55.2 Å². The van der Waals surface area contributed by atoms with Crippen LogP contribution in [0.3, 0.4) is 0 Å². The molecule has 288 valence electrons. The van der Waals surface area contributed by atoms with Gasteiger partial charge in [-0.25, -0.2) is 23.5 Å². The SMILES string of the molecule is CN=C/C(=C\N)c1cc2c(cc1C(F)F)N(c1nn(C3CCC(N(C)C4CCN(c5ncc(C(=O)O)cn5)CC4)CC3)c3c1CN(C(C)=O)CC3)CCC2. The molecular formula is C39H50F2N10O3. The molecule has 1 saturated heterocycles. The van der Waals surface area contributed by atoms with Crippen LogP contribution in [0.4, 0.5) is 26.2 Å². The van der Waals surface area contributed by atoms with Crippen LogP contribution >= 0.6 is 0 Å². The van der Waals surface area contributed by atoms with E-state index in [2.05, 4.69) is 41.4 Å². The average molecular weight is 745 g/mol. The van der Waals surface area contributed by atoms with Gasteiger partial charge in [-0.1, -0.05) is 0 Å².